The molecule has 0 fully saturated rings. The van der Waals surface area contributed by atoms with Crippen molar-refractivity contribution in [1.29, 1.82) is 0 Å². The van der Waals surface area contributed by atoms with E-state index >= 15 is 0 Å². The number of benzene rings is 1. The van der Waals surface area contributed by atoms with Crippen LogP contribution < -0.4 is 15.3 Å². The highest BCUT2D eigenvalue weighted by Gasteiger charge is 2.09. The lowest BCUT2D eigenvalue weighted by molar-refractivity contribution is -0.142. The number of aromatic nitrogens is 1. The molecule has 0 saturated carbocycles. The second-order valence-corrected chi connectivity index (χ2v) is 6.72. The van der Waals surface area contributed by atoms with E-state index in [9.17, 15) is 4.79 Å². The standard InChI is InChI=1S/C21H24ClNO3/c1-14(2)6-9-20-15(3)10-16(4)23(20)12-17-11-18(7-8-19(17)22)26-13-21(24)25-5/h6-11H,3,12-13H2,1-2,4-5H3/b20-9+. The number of methoxy groups -OCH3 is 1. The molecular formula is C21H24ClNO3. The third-order valence-electron chi connectivity index (χ3n) is 3.93. The van der Waals surface area contributed by atoms with Crippen molar-refractivity contribution >= 4 is 30.2 Å². The van der Waals surface area contributed by atoms with Crippen molar-refractivity contribution in [2.75, 3.05) is 13.7 Å². The fourth-order valence-electron chi connectivity index (χ4n) is 2.55. The van der Waals surface area contributed by atoms with E-state index in [-0.39, 0.29) is 6.61 Å². The van der Waals surface area contributed by atoms with Crippen LogP contribution in [0.4, 0.5) is 0 Å². The Balaban J connectivity index is 2.37. The van der Waals surface area contributed by atoms with E-state index in [0.717, 1.165) is 21.8 Å². The summed E-state index contributed by atoms with van der Waals surface area (Å²) < 4.78 is 12.2. The third kappa shape index (κ3) is 5.02. The Kier molecular flexibility index (Phi) is 6.70. The summed E-state index contributed by atoms with van der Waals surface area (Å²) in [6.07, 6.45) is 4.13. The van der Waals surface area contributed by atoms with Gasteiger partial charge in [-0.3, -0.25) is 0 Å². The lowest BCUT2D eigenvalue weighted by atomic mass is 10.2. The van der Waals surface area contributed by atoms with Crippen molar-refractivity contribution in [2.45, 2.75) is 27.3 Å². The first-order valence-corrected chi connectivity index (χ1v) is 8.68. The quantitative estimate of drug-likeness (QED) is 0.730. The fraction of sp³-hybridized carbons (Fsp3) is 0.286. The first-order chi connectivity index (χ1) is 12.3. The first kappa shape index (κ1) is 19.9. The molecule has 0 radical (unpaired) electrons. The highest BCUT2D eigenvalue weighted by Crippen LogP contribution is 2.23. The van der Waals surface area contributed by atoms with Crippen molar-refractivity contribution in [3.63, 3.8) is 0 Å². The maximum Gasteiger partial charge on any atom is 0.343 e. The molecule has 2 aromatic rings. The van der Waals surface area contributed by atoms with E-state index in [0.29, 0.717) is 17.3 Å². The smallest absolute Gasteiger partial charge is 0.343 e. The van der Waals surface area contributed by atoms with Gasteiger partial charge in [-0.15, -0.1) is 0 Å². The van der Waals surface area contributed by atoms with Gasteiger partial charge in [0, 0.05) is 22.6 Å². The molecule has 4 nitrogen and oxygen atoms in total. The number of rotatable bonds is 6. The van der Waals surface area contributed by atoms with E-state index in [1.54, 1.807) is 12.1 Å². The van der Waals surface area contributed by atoms with Crippen LogP contribution in [0.1, 0.15) is 25.1 Å². The molecule has 0 spiro atoms. The molecule has 0 N–H and O–H groups in total. The van der Waals surface area contributed by atoms with Gasteiger partial charge in [-0.25, -0.2) is 4.79 Å². The van der Waals surface area contributed by atoms with Crippen LogP contribution in [0, 0.1) is 6.92 Å². The summed E-state index contributed by atoms with van der Waals surface area (Å²) in [5.41, 5.74) is 3.21. The molecule has 0 saturated heterocycles. The van der Waals surface area contributed by atoms with Crippen molar-refractivity contribution in [3.05, 3.63) is 62.8 Å². The second kappa shape index (κ2) is 8.77. The van der Waals surface area contributed by atoms with Crippen LogP contribution in [0.2, 0.25) is 5.02 Å². The second-order valence-electron chi connectivity index (χ2n) is 6.31. The molecule has 2 rings (SSSR count). The zero-order valence-electron chi connectivity index (χ0n) is 15.6. The Morgan fingerprint density at radius 1 is 1.31 bits per heavy atom. The van der Waals surface area contributed by atoms with Crippen LogP contribution in [-0.2, 0) is 16.1 Å². The van der Waals surface area contributed by atoms with Gasteiger partial charge in [0.25, 0.3) is 0 Å². The minimum absolute atomic E-state index is 0.136. The normalized spacial score (nSPS) is 11.3. The summed E-state index contributed by atoms with van der Waals surface area (Å²) >= 11 is 6.38. The van der Waals surface area contributed by atoms with Gasteiger partial charge in [-0.2, -0.15) is 0 Å². The molecule has 0 aliphatic carbocycles. The number of nitrogens with zero attached hydrogens (tertiary/aromatic N) is 1. The molecule has 1 aromatic heterocycles. The summed E-state index contributed by atoms with van der Waals surface area (Å²) in [6, 6.07) is 7.40. The van der Waals surface area contributed by atoms with Crippen LogP contribution in [0.25, 0.3) is 12.7 Å². The minimum Gasteiger partial charge on any atom is -0.482 e. The Morgan fingerprint density at radius 3 is 2.69 bits per heavy atom. The number of aryl methyl sites for hydroxylation is 1. The summed E-state index contributed by atoms with van der Waals surface area (Å²) in [6.45, 7) is 10.7. The van der Waals surface area contributed by atoms with Crippen LogP contribution in [0.5, 0.6) is 5.75 Å². The average molecular weight is 374 g/mol. The van der Waals surface area contributed by atoms with E-state index < -0.39 is 5.97 Å². The Labute approximate surface area is 159 Å². The SMILES string of the molecule is C=c1cc(C)n(Cc2cc(OCC(=O)OC)ccc2Cl)/c1=C/C=C(C)C. The van der Waals surface area contributed by atoms with Crippen LogP contribution in [-0.4, -0.2) is 24.3 Å². The fourth-order valence-corrected chi connectivity index (χ4v) is 2.73. The van der Waals surface area contributed by atoms with Gasteiger partial charge in [0.2, 0.25) is 0 Å². The molecule has 0 aliphatic rings. The van der Waals surface area contributed by atoms with Gasteiger partial charge in [-0.1, -0.05) is 29.8 Å². The predicted octanol–water partition coefficient (Wildman–Crippen LogP) is 3.21. The Bertz CT molecular complexity index is 937. The van der Waals surface area contributed by atoms with Crippen LogP contribution in [0.15, 0.2) is 35.9 Å². The summed E-state index contributed by atoms with van der Waals surface area (Å²) in [5.74, 6) is 0.146. The lowest BCUT2D eigenvalue weighted by Crippen LogP contribution is -2.28. The van der Waals surface area contributed by atoms with Gasteiger partial charge < -0.3 is 14.0 Å². The molecule has 0 aliphatic heterocycles. The number of ether oxygens (including phenoxy) is 2. The van der Waals surface area contributed by atoms with E-state index in [2.05, 4.69) is 47.9 Å². The highest BCUT2D eigenvalue weighted by molar-refractivity contribution is 6.31. The van der Waals surface area contributed by atoms with E-state index in [1.807, 2.05) is 13.0 Å². The summed E-state index contributed by atoms with van der Waals surface area (Å²) in [5, 5.41) is 2.65. The van der Waals surface area contributed by atoms with Gasteiger partial charge in [0.05, 0.1) is 7.11 Å². The maximum absolute atomic E-state index is 11.3. The van der Waals surface area contributed by atoms with Gasteiger partial charge >= 0.3 is 5.97 Å². The molecule has 0 atom stereocenters. The van der Waals surface area contributed by atoms with Gasteiger partial charge in [0.15, 0.2) is 6.61 Å². The number of halogens is 1. The van der Waals surface area contributed by atoms with Crippen LogP contribution in [0.3, 0.4) is 0 Å². The predicted molar refractivity (Wildman–Crippen MR) is 106 cm³/mol. The number of carbonyl (C=O) groups excluding carboxylic acids is 1. The third-order valence-corrected chi connectivity index (χ3v) is 4.30. The largest absolute Gasteiger partial charge is 0.482 e. The highest BCUT2D eigenvalue weighted by atomic mass is 35.5. The maximum atomic E-state index is 11.3. The van der Waals surface area contributed by atoms with Gasteiger partial charge in [-0.05, 0) is 61.9 Å². The molecule has 0 amide bonds. The summed E-state index contributed by atoms with van der Waals surface area (Å²) in [4.78, 5) is 11.3. The minimum atomic E-state index is -0.428. The summed E-state index contributed by atoms with van der Waals surface area (Å²) in [7, 11) is 1.33. The molecule has 1 aromatic carbocycles. The zero-order chi connectivity index (χ0) is 19.3. The molecule has 1 heterocycles. The van der Waals surface area contributed by atoms with Crippen molar-refractivity contribution < 1.29 is 14.3 Å². The molecule has 5 heteroatoms. The molecule has 0 unspecified atom stereocenters. The zero-order valence-corrected chi connectivity index (χ0v) is 16.4. The number of allylic oxidation sites excluding steroid dienone is 2. The average Bonchev–Trinajstić information content (AvgIpc) is 2.86. The number of carbonyl (C=O) groups is 1. The van der Waals surface area contributed by atoms with E-state index in [4.69, 9.17) is 16.3 Å². The molecule has 0 bridgehead atoms. The Morgan fingerprint density at radius 2 is 2.04 bits per heavy atom. The van der Waals surface area contributed by atoms with E-state index in [1.165, 1.54) is 12.7 Å². The Hall–Kier alpha value is -2.46. The lowest BCUT2D eigenvalue weighted by Gasteiger charge is -2.12. The molecule has 26 heavy (non-hydrogen) atoms. The van der Waals surface area contributed by atoms with Gasteiger partial charge in [0.1, 0.15) is 5.75 Å². The number of hydrogen-bond donors (Lipinski definition) is 0. The van der Waals surface area contributed by atoms with Crippen molar-refractivity contribution in [3.8, 4) is 5.75 Å². The number of esters is 1. The topological polar surface area (TPSA) is 40.5 Å². The molecular weight excluding hydrogens is 350 g/mol. The first-order valence-electron chi connectivity index (χ1n) is 8.30. The molecule has 138 valence electrons. The van der Waals surface area contributed by atoms with Crippen molar-refractivity contribution in [1.82, 2.24) is 4.57 Å². The van der Waals surface area contributed by atoms with Crippen LogP contribution >= 0.6 is 11.6 Å². The van der Waals surface area contributed by atoms with Crippen molar-refractivity contribution in [2.24, 2.45) is 0 Å². The number of hydrogen-bond acceptors (Lipinski definition) is 3. The monoisotopic (exact) mass is 373 g/mol.